The minimum atomic E-state index is -4.56. The third kappa shape index (κ3) is 3.41. The Morgan fingerprint density at radius 1 is 1.19 bits per heavy atom. The van der Waals surface area contributed by atoms with Crippen LogP contribution in [-0.2, 0) is 11.0 Å². The van der Waals surface area contributed by atoms with Crippen molar-refractivity contribution in [2.45, 2.75) is 13.1 Å². The molecule has 0 unspecified atom stereocenters. The lowest BCUT2D eigenvalue weighted by Gasteiger charge is -2.07. The fourth-order valence-electron chi connectivity index (χ4n) is 2.38. The molecule has 0 bridgehead atoms. The number of esters is 1. The Hall–Kier alpha value is -2.87. The first-order valence-electron chi connectivity index (χ1n) is 7.24. The lowest BCUT2D eigenvalue weighted by atomic mass is 10.1. The third-order valence-electron chi connectivity index (χ3n) is 3.51. The van der Waals surface area contributed by atoms with Gasteiger partial charge in [-0.15, -0.1) is 0 Å². The standard InChI is InChI=1S/C17H10ClF3N2O3/c1-8(24)26-16-11-4-3-10(18)6-13(11)23-14(16)15(25)12-5-2-9(7-22-12)17(19,20)21/h2-7,23H,1H3. The number of halogens is 4. The van der Waals surface area contributed by atoms with Crippen molar-refractivity contribution >= 4 is 34.3 Å². The molecule has 0 fully saturated rings. The summed E-state index contributed by atoms with van der Waals surface area (Å²) in [6.45, 7) is 1.17. The summed E-state index contributed by atoms with van der Waals surface area (Å²) in [4.78, 5) is 30.4. The van der Waals surface area contributed by atoms with Crippen molar-refractivity contribution in [3.63, 3.8) is 0 Å². The minimum absolute atomic E-state index is 0.0316. The summed E-state index contributed by atoms with van der Waals surface area (Å²) in [5, 5.41) is 0.819. The first-order chi connectivity index (χ1) is 12.2. The van der Waals surface area contributed by atoms with Crippen molar-refractivity contribution in [2.24, 2.45) is 0 Å². The SMILES string of the molecule is CC(=O)Oc1c(C(=O)c2ccc(C(F)(F)F)cn2)[nH]c2cc(Cl)ccc12. The van der Waals surface area contributed by atoms with Crippen molar-refractivity contribution in [3.8, 4) is 5.75 Å². The number of carbonyl (C=O) groups excluding carboxylic acids is 2. The molecular formula is C17H10ClF3N2O3. The Morgan fingerprint density at radius 2 is 1.92 bits per heavy atom. The van der Waals surface area contributed by atoms with E-state index in [4.69, 9.17) is 16.3 Å². The van der Waals surface area contributed by atoms with E-state index in [0.29, 0.717) is 22.1 Å². The molecule has 0 aliphatic carbocycles. The van der Waals surface area contributed by atoms with Gasteiger partial charge < -0.3 is 9.72 Å². The van der Waals surface area contributed by atoms with Crippen molar-refractivity contribution in [2.75, 3.05) is 0 Å². The van der Waals surface area contributed by atoms with E-state index in [1.165, 1.54) is 13.0 Å². The van der Waals surface area contributed by atoms with E-state index in [1.54, 1.807) is 12.1 Å². The van der Waals surface area contributed by atoms with Gasteiger partial charge in [-0.25, -0.2) is 0 Å². The maximum absolute atomic E-state index is 12.7. The fraction of sp³-hybridized carbons (Fsp3) is 0.118. The number of hydrogen-bond donors (Lipinski definition) is 1. The van der Waals surface area contributed by atoms with Gasteiger partial charge in [-0.1, -0.05) is 11.6 Å². The van der Waals surface area contributed by atoms with Crippen LogP contribution in [0.5, 0.6) is 5.75 Å². The Balaban J connectivity index is 2.08. The van der Waals surface area contributed by atoms with E-state index in [9.17, 15) is 22.8 Å². The van der Waals surface area contributed by atoms with E-state index >= 15 is 0 Å². The summed E-state index contributed by atoms with van der Waals surface area (Å²) in [6, 6.07) is 6.35. The number of pyridine rings is 1. The number of aromatic nitrogens is 2. The van der Waals surface area contributed by atoms with Crippen LogP contribution >= 0.6 is 11.6 Å². The zero-order valence-corrected chi connectivity index (χ0v) is 13.9. The molecule has 26 heavy (non-hydrogen) atoms. The van der Waals surface area contributed by atoms with E-state index < -0.39 is 23.5 Å². The van der Waals surface area contributed by atoms with Crippen molar-refractivity contribution < 1.29 is 27.5 Å². The van der Waals surface area contributed by atoms with Crippen molar-refractivity contribution in [1.82, 2.24) is 9.97 Å². The molecule has 9 heteroatoms. The molecule has 134 valence electrons. The highest BCUT2D eigenvalue weighted by atomic mass is 35.5. The monoisotopic (exact) mass is 382 g/mol. The zero-order valence-electron chi connectivity index (χ0n) is 13.1. The quantitative estimate of drug-likeness (QED) is 0.538. The number of ether oxygens (including phenoxy) is 1. The predicted molar refractivity (Wildman–Crippen MR) is 87.3 cm³/mol. The summed E-state index contributed by atoms with van der Waals surface area (Å²) in [5.74, 6) is -1.41. The lowest BCUT2D eigenvalue weighted by molar-refractivity contribution is -0.138. The molecular weight excluding hydrogens is 373 g/mol. The number of hydrogen-bond acceptors (Lipinski definition) is 4. The van der Waals surface area contributed by atoms with Gasteiger partial charge in [-0.3, -0.25) is 14.6 Å². The second-order valence-electron chi connectivity index (χ2n) is 5.37. The average Bonchev–Trinajstić information content (AvgIpc) is 2.90. The smallest absolute Gasteiger partial charge is 0.417 e. The molecule has 0 atom stereocenters. The second kappa shape index (κ2) is 6.45. The topological polar surface area (TPSA) is 72.1 Å². The van der Waals surface area contributed by atoms with Gasteiger partial charge in [0.25, 0.3) is 0 Å². The van der Waals surface area contributed by atoms with Gasteiger partial charge in [0.2, 0.25) is 5.78 Å². The van der Waals surface area contributed by atoms with Gasteiger partial charge in [0.1, 0.15) is 11.4 Å². The summed E-state index contributed by atoms with van der Waals surface area (Å²) >= 11 is 5.91. The maximum atomic E-state index is 12.7. The number of benzene rings is 1. The average molecular weight is 383 g/mol. The number of fused-ring (bicyclic) bond motifs is 1. The summed E-state index contributed by atoms with van der Waals surface area (Å²) < 4.78 is 43.0. The zero-order chi connectivity index (χ0) is 19.1. The second-order valence-corrected chi connectivity index (χ2v) is 5.81. The van der Waals surface area contributed by atoms with E-state index in [2.05, 4.69) is 9.97 Å². The van der Waals surface area contributed by atoms with E-state index in [-0.39, 0.29) is 17.1 Å². The number of nitrogens with one attached hydrogen (secondary N) is 1. The number of carbonyl (C=O) groups is 2. The van der Waals surface area contributed by atoms with E-state index in [0.717, 1.165) is 12.1 Å². The molecule has 1 aromatic carbocycles. The van der Waals surface area contributed by atoms with Gasteiger partial charge in [0, 0.05) is 23.5 Å². The van der Waals surface area contributed by atoms with Crippen LogP contribution in [0.25, 0.3) is 10.9 Å². The van der Waals surface area contributed by atoms with Gasteiger partial charge in [0.05, 0.1) is 11.1 Å². The van der Waals surface area contributed by atoms with Gasteiger partial charge in [0.15, 0.2) is 5.75 Å². The summed E-state index contributed by atoms with van der Waals surface area (Å²) in [7, 11) is 0. The van der Waals surface area contributed by atoms with Crippen molar-refractivity contribution in [1.29, 1.82) is 0 Å². The van der Waals surface area contributed by atoms with Crippen LogP contribution in [0.3, 0.4) is 0 Å². The molecule has 2 aromatic heterocycles. The molecule has 0 saturated carbocycles. The largest absolute Gasteiger partial charge is 0.424 e. The summed E-state index contributed by atoms with van der Waals surface area (Å²) in [6.07, 6.45) is -3.99. The Labute approximate surface area is 149 Å². The molecule has 0 aliphatic heterocycles. The first-order valence-corrected chi connectivity index (χ1v) is 7.62. The molecule has 3 rings (SSSR count). The lowest BCUT2D eigenvalue weighted by Crippen LogP contribution is -2.11. The van der Waals surface area contributed by atoms with Crippen molar-refractivity contribution in [3.05, 3.63) is 58.5 Å². The van der Waals surface area contributed by atoms with Gasteiger partial charge in [-0.05, 0) is 30.3 Å². The Kier molecular flexibility index (Phi) is 4.45. The highest BCUT2D eigenvalue weighted by Crippen LogP contribution is 2.34. The van der Waals surface area contributed by atoms with Crippen LogP contribution in [0.4, 0.5) is 13.2 Å². The Bertz CT molecular complexity index is 1010. The van der Waals surface area contributed by atoms with Crippen LogP contribution in [0, 0.1) is 0 Å². The minimum Gasteiger partial charge on any atom is -0.424 e. The molecule has 3 aromatic rings. The molecule has 2 heterocycles. The predicted octanol–water partition coefficient (Wildman–Crippen LogP) is 4.39. The number of alkyl halides is 3. The molecule has 1 N–H and O–H groups in total. The van der Waals surface area contributed by atoms with Crippen LogP contribution in [0.1, 0.15) is 28.7 Å². The van der Waals surface area contributed by atoms with Gasteiger partial charge in [-0.2, -0.15) is 13.2 Å². The number of rotatable bonds is 3. The highest BCUT2D eigenvalue weighted by Gasteiger charge is 2.31. The molecule has 0 spiro atoms. The van der Waals surface area contributed by atoms with Crippen LogP contribution in [0.15, 0.2) is 36.5 Å². The molecule has 5 nitrogen and oxygen atoms in total. The third-order valence-corrected chi connectivity index (χ3v) is 3.74. The molecule has 0 saturated heterocycles. The molecule has 0 radical (unpaired) electrons. The van der Waals surface area contributed by atoms with Crippen LogP contribution < -0.4 is 4.74 Å². The fourth-order valence-corrected chi connectivity index (χ4v) is 2.55. The Morgan fingerprint density at radius 3 is 2.50 bits per heavy atom. The first kappa shape index (κ1) is 17.9. The van der Waals surface area contributed by atoms with Crippen LogP contribution in [0.2, 0.25) is 5.02 Å². The van der Waals surface area contributed by atoms with Crippen LogP contribution in [-0.4, -0.2) is 21.7 Å². The van der Waals surface area contributed by atoms with Gasteiger partial charge >= 0.3 is 12.1 Å². The molecule has 0 amide bonds. The van der Waals surface area contributed by atoms with E-state index in [1.807, 2.05) is 0 Å². The maximum Gasteiger partial charge on any atom is 0.417 e. The normalized spacial score (nSPS) is 11.6. The number of aromatic amines is 1. The summed E-state index contributed by atoms with van der Waals surface area (Å²) in [5.41, 5.74) is -0.879. The highest BCUT2D eigenvalue weighted by molar-refractivity contribution is 6.31. The number of H-pyrrole nitrogens is 1. The number of ketones is 1. The molecule has 0 aliphatic rings. The number of nitrogens with zero attached hydrogens (tertiary/aromatic N) is 1.